The molecule has 5 aromatic rings. The second-order valence-corrected chi connectivity index (χ2v) is 12.2. The van der Waals surface area contributed by atoms with E-state index in [4.69, 9.17) is 0 Å². The SMILES string of the molecule is CN1C=CC(C2=c3ccc([nH]3)=Cc3ccc([nH]3)C(c3cccc(C(=O)O)c3)=c3ccc([nH]3)=C(C3=CCN(C)C=C3)c3ccc2[nH]3)=CC1. The molecule has 232 valence electrons. The molecule has 0 aliphatic carbocycles. The van der Waals surface area contributed by atoms with Gasteiger partial charge in [-0.3, -0.25) is 0 Å². The van der Waals surface area contributed by atoms with Crippen LogP contribution in [-0.4, -0.2) is 68.0 Å². The molecule has 7 heterocycles. The zero-order valence-corrected chi connectivity index (χ0v) is 26.1. The first-order valence-corrected chi connectivity index (χ1v) is 15.7. The predicted molar refractivity (Wildman–Crippen MR) is 185 cm³/mol. The summed E-state index contributed by atoms with van der Waals surface area (Å²) in [7, 11) is 4.14. The standard InChI is InChI=1S/C39H34N6O2/c1-44-18-14-24(15-19-44)36-30-8-6-28(40-30)23-29-7-9-31(41-29)38(26-4-3-5-27(22-26)39(46)47)35-13-12-34(43-35)37(33-11-10-32(36)42-33)25-16-20-45(2)21-17-25/h3-18,20,22-23,40-43H,19,21H2,1-2H3,(H,46,47). The van der Waals surface area contributed by atoms with Crippen molar-refractivity contribution in [1.82, 2.24) is 29.7 Å². The van der Waals surface area contributed by atoms with Crippen molar-refractivity contribution in [1.29, 1.82) is 0 Å². The van der Waals surface area contributed by atoms with Gasteiger partial charge >= 0.3 is 5.97 Å². The average Bonchev–Trinajstić information content (AvgIpc) is 3.90. The van der Waals surface area contributed by atoms with E-state index in [1.807, 2.05) is 18.2 Å². The average molecular weight is 619 g/mol. The molecule has 3 aliphatic rings. The number of H-pyrrole nitrogens is 4. The first kappa shape index (κ1) is 28.3. The minimum absolute atomic E-state index is 0.237. The Labute approximate surface area is 271 Å². The van der Waals surface area contributed by atoms with Crippen molar-refractivity contribution in [2.75, 3.05) is 27.2 Å². The van der Waals surface area contributed by atoms with Gasteiger partial charge in [0.25, 0.3) is 0 Å². The molecule has 8 bridgehead atoms. The number of hydrogen-bond donors (Lipinski definition) is 5. The molecule has 3 aliphatic heterocycles. The third kappa shape index (κ3) is 5.29. The lowest BCUT2D eigenvalue weighted by molar-refractivity contribution is 0.0697. The quantitative estimate of drug-likeness (QED) is 0.213. The number of likely N-dealkylation sites (N-methyl/N-ethyl adjacent to an activating group) is 2. The van der Waals surface area contributed by atoms with Crippen LogP contribution in [0.3, 0.4) is 0 Å². The molecule has 5 N–H and O–H groups in total. The number of fused-ring (bicyclic) bond motifs is 8. The highest BCUT2D eigenvalue weighted by molar-refractivity contribution is 5.90. The van der Waals surface area contributed by atoms with Gasteiger partial charge in [-0.15, -0.1) is 0 Å². The normalized spacial score (nSPS) is 15.9. The smallest absolute Gasteiger partial charge is 0.335 e. The Balaban J connectivity index is 1.45. The van der Waals surface area contributed by atoms with Crippen LogP contribution in [0.25, 0.3) is 22.8 Å². The first-order chi connectivity index (χ1) is 22.9. The Bertz CT molecular complexity index is 2440. The maximum atomic E-state index is 12.0. The number of hydrogen-bond acceptors (Lipinski definition) is 3. The van der Waals surface area contributed by atoms with Gasteiger partial charge in [-0.2, -0.15) is 0 Å². The van der Waals surface area contributed by atoms with Gasteiger partial charge in [0.2, 0.25) is 0 Å². The van der Waals surface area contributed by atoms with Crippen LogP contribution in [0, 0.1) is 0 Å². The molecule has 4 aromatic heterocycles. The fourth-order valence-corrected chi connectivity index (χ4v) is 6.53. The Morgan fingerprint density at radius 3 is 1.89 bits per heavy atom. The van der Waals surface area contributed by atoms with E-state index >= 15 is 0 Å². The molecule has 0 spiro atoms. The van der Waals surface area contributed by atoms with Crippen LogP contribution in [0.4, 0.5) is 0 Å². The van der Waals surface area contributed by atoms with Gasteiger partial charge in [0.05, 0.1) is 5.56 Å². The highest BCUT2D eigenvalue weighted by atomic mass is 16.4. The first-order valence-electron chi connectivity index (χ1n) is 15.7. The molecule has 8 rings (SSSR count). The molecule has 0 saturated carbocycles. The number of carboxylic acid groups (broad SMARTS) is 1. The van der Waals surface area contributed by atoms with Crippen molar-refractivity contribution >= 4 is 28.8 Å². The number of carbonyl (C=O) groups is 1. The van der Waals surface area contributed by atoms with Crippen LogP contribution < -0.4 is 21.4 Å². The molecule has 8 heteroatoms. The Morgan fingerprint density at radius 1 is 0.660 bits per heavy atom. The summed E-state index contributed by atoms with van der Waals surface area (Å²) in [6.07, 6.45) is 15.1. The Kier molecular flexibility index (Phi) is 6.83. The van der Waals surface area contributed by atoms with E-state index in [0.29, 0.717) is 0 Å². The number of aromatic carboxylic acids is 1. The maximum absolute atomic E-state index is 12.0. The van der Waals surface area contributed by atoms with E-state index in [1.165, 1.54) is 0 Å². The second-order valence-electron chi connectivity index (χ2n) is 12.2. The minimum atomic E-state index is -0.960. The Morgan fingerprint density at radius 2 is 1.26 bits per heavy atom. The molecule has 0 unspecified atom stereocenters. The number of carboxylic acids is 1. The number of aromatic amines is 4. The molecule has 47 heavy (non-hydrogen) atoms. The molecular weight excluding hydrogens is 584 g/mol. The zero-order chi connectivity index (χ0) is 32.1. The summed E-state index contributed by atoms with van der Waals surface area (Å²) in [5.74, 6) is -0.960. The largest absolute Gasteiger partial charge is 0.478 e. The van der Waals surface area contributed by atoms with E-state index in [1.54, 1.807) is 18.2 Å². The van der Waals surface area contributed by atoms with Gasteiger partial charge in [-0.25, -0.2) is 4.79 Å². The van der Waals surface area contributed by atoms with Crippen LogP contribution in [-0.2, 0) is 0 Å². The van der Waals surface area contributed by atoms with Crippen LogP contribution >= 0.6 is 0 Å². The lowest BCUT2D eigenvalue weighted by Crippen LogP contribution is -2.20. The van der Waals surface area contributed by atoms with Crippen LogP contribution in [0.5, 0.6) is 0 Å². The summed E-state index contributed by atoms with van der Waals surface area (Å²) < 4.78 is 0. The third-order valence-electron chi connectivity index (χ3n) is 8.91. The van der Waals surface area contributed by atoms with Gasteiger partial charge in [0.15, 0.2) is 0 Å². The van der Waals surface area contributed by atoms with Crippen LogP contribution in [0.1, 0.15) is 38.7 Å². The van der Waals surface area contributed by atoms with Gasteiger partial charge in [0.1, 0.15) is 0 Å². The lowest BCUT2D eigenvalue weighted by atomic mass is 10.0. The van der Waals surface area contributed by atoms with Gasteiger partial charge < -0.3 is 34.8 Å². The highest BCUT2D eigenvalue weighted by Crippen LogP contribution is 2.28. The number of nitrogens with zero attached hydrogens (tertiary/aromatic N) is 2. The fraction of sp³-hybridized carbons (Fsp3) is 0.103. The molecule has 0 radical (unpaired) electrons. The number of aromatic nitrogens is 4. The van der Waals surface area contributed by atoms with E-state index < -0.39 is 5.97 Å². The minimum Gasteiger partial charge on any atom is -0.478 e. The molecule has 1 aromatic carbocycles. The molecule has 0 atom stereocenters. The van der Waals surface area contributed by atoms with Crippen molar-refractivity contribution in [3.05, 3.63) is 176 Å². The number of rotatable bonds is 4. The summed E-state index contributed by atoms with van der Waals surface area (Å²) in [5.41, 5.74) is 10.2. The number of nitrogens with one attached hydrogen (secondary N) is 4. The molecular formula is C39H34N6O2. The second kappa shape index (κ2) is 11.3. The molecule has 0 amide bonds. The summed E-state index contributed by atoms with van der Waals surface area (Å²) in [4.78, 5) is 31.0. The topological polar surface area (TPSA) is 107 Å². The van der Waals surface area contributed by atoms with Crippen molar-refractivity contribution < 1.29 is 9.90 Å². The summed E-state index contributed by atoms with van der Waals surface area (Å²) in [6, 6.07) is 23.9. The third-order valence-corrected chi connectivity index (χ3v) is 8.91. The fourth-order valence-electron chi connectivity index (χ4n) is 6.53. The number of benzene rings is 1. The van der Waals surface area contributed by atoms with E-state index in [9.17, 15) is 9.90 Å². The maximum Gasteiger partial charge on any atom is 0.335 e. The van der Waals surface area contributed by atoms with E-state index in [0.717, 1.165) is 90.7 Å². The van der Waals surface area contributed by atoms with Crippen molar-refractivity contribution in [3.63, 3.8) is 0 Å². The predicted octanol–water partition coefficient (Wildman–Crippen LogP) is 3.26. The summed E-state index contributed by atoms with van der Waals surface area (Å²) in [6.45, 7) is 1.63. The van der Waals surface area contributed by atoms with E-state index in [2.05, 4.69) is 123 Å². The zero-order valence-electron chi connectivity index (χ0n) is 26.1. The Hall–Kier alpha value is -6.15. The molecule has 0 fully saturated rings. The van der Waals surface area contributed by atoms with Crippen molar-refractivity contribution in [2.45, 2.75) is 0 Å². The summed E-state index contributed by atoms with van der Waals surface area (Å²) >= 11 is 0. The van der Waals surface area contributed by atoms with Gasteiger partial charge in [0, 0.05) is 88.1 Å². The molecule has 8 nitrogen and oxygen atoms in total. The van der Waals surface area contributed by atoms with E-state index in [-0.39, 0.29) is 5.56 Å². The molecule has 0 saturated heterocycles. The van der Waals surface area contributed by atoms with Crippen LogP contribution in [0.2, 0.25) is 0 Å². The lowest BCUT2D eigenvalue weighted by Gasteiger charge is -2.19. The monoisotopic (exact) mass is 618 g/mol. The summed E-state index contributed by atoms with van der Waals surface area (Å²) in [5, 5.41) is 13.6. The van der Waals surface area contributed by atoms with Gasteiger partial charge in [-0.1, -0.05) is 24.3 Å². The van der Waals surface area contributed by atoms with Crippen molar-refractivity contribution in [2.24, 2.45) is 0 Å². The highest BCUT2D eigenvalue weighted by Gasteiger charge is 2.19. The number of allylic oxidation sites excluding steroid dienone is 4. The van der Waals surface area contributed by atoms with Crippen LogP contribution in [0.15, 0.2) is 121 Å². The van der Waals surface area contributed by atoms with Crippen molar-refractivity contribution in [3.8, 4) is 0 Å². The van der Waals surface area contributed by atoms with Gasteiger partial charge in [-0.05, 0) is 108 Å².